The first-order chi connectivity index (χ1) is 9.52. The van der Waals surface area contributed by atoms with Gasteiger partial charge in [-0.25, -0.2) is 0 Å². The number of hydrogen-bond acceptors (Lipinski definition) is 5. The maximum absolute atomic E-state index is 11.1. The second kappa shape index (κ2) is 6.17. The third-order valence-corrected chi connectivity index (χ3v) is 3.35. The van der Waals surface area contributed by atoms with Gasteiger partial charge in [0.05, 0.1) is 30.2 Å². The molecule has 1 aromatic carbocycles. The highest BCUT2D eigenvalue weighted by molar-refractivity contribution is 6.35. The fourth-order valence-corrected chi connectivity index (χ4v) is 2.11. The van der Waals surface area contributed by atoms with Crippen LogP contribution >= 0.6 is 11.6 Å². The molecule has 2 unspecified atom stereocenters. The quantitative estimate of drug-likeness (QED) is 0.842. The van der Waals surface area contributed by atoms with Crippen LogP contribution in [0.15, 0.2) is 30.5 Å². The molecule has 0 amide bonds. The lowest BCUT2D eigenvalue weighted by Crippen LogP contribution is -2.22. The molecule has 5 nitrogen and oxygen atoms in total. The van der Waals surface area contributed by atoms with Gasteiger partial charge in [0.2, 0.25) is 0 Å². The lowest BCUT2D eigenvalue weighted by molar-refractivity contribution is -0.144. The van der Waals surface area contributed by atoms with Crippen molar-refractivity contribution < 1.29 is 19.7 Å². The number of aliphatic hydroxyl groups excluding tert-OH is 2. The minimum absolute atomic E-state index is 0.281. The Balaban J connectivity index is 2.28. The monoisotopic (exact) mass is 295 g/mol. The van der Waals surface area contributed by atoms with Crippen LogP contribution in [0.2, 0.25) is 5.02 Å². The Bertz CT molecular complexity index is 632. The molecule has 0 aliphatic carbocycles. The largest absolute Gasteiger partial charge is 0.469 e. The summed E-state index contributed by atoms with van der Waals surface area (Å²) in [6.07, 6.45) is -1.13. The molecule has 2 N–H and O–H groups in total. The number of methoxy groups -OCH3 is 1. The Kier molecular flexibility index (Phi) is 4.54. The van der Waals surface area contributed by atoms with Gasteiger partial charge in [-0.2, -0.15) is 0 Å². The summed E-state index contributed by atoms with van der Waals surface area (Å²) in [5.41, 5.74) is 1.15. The highest BCUT2D eigenvalue weighted by Crippen LogP contribution is 2.27. The molecule has 1 heterocycles. The molecule has 1 aromatic heterocycles. The van der Waals surface area contributed by atoms with Crippen LogP contribution < -0.4 is 0 Å². The first kappa shape index (κ1) is 14.7. The van der Waals surface area contributed by atoms with E-state index in [-0.39, 0.29) is 6.42 Å². The zero-order valence-electron chi connectivity index (χ0n) is 10.8. The number of hydrogen-bond donors (Lipinski definition) is 2. The van der Waals surface area contributed by atoms with E-state index < -0.39 is 18.2 Å². The first-order valence-corrected chi connectivity index (χ1v) is 6.38. The number of nitrogens with zero attached hydrogens (tertiary/aromatic N) is 1. The molecule has 2 rings (SSSR count). The van der Waals surface area contributed by atoms with Crippen LogP contribution in [0.4, 0.5) is 0 Å². The zero-order valence-corrected chi connectivity index (χ0v) is 11.5. The van der Waals surface area contributed by atoms with Gasteiger partial charge < -0.3 is 14.9 Å². The number of rotatable bonds is 4. The lowest BCUT2D eigenvalue weighted by Gasteiger charge is -2.17. The number of fused-ring (bicyclic) bond motifs is 1. The van der Waals surface area contributed by atoms with Crippen molar-refractivity contribution in [2.24, 2.45) is 0 Å². The molecule has 106 valence electrons. The molecule has 0 spiro atoms. The number of halogens is 1. The van der Waals surface area contributed by atoms with Gasteiger partial charge >= 0.3 is 5.97 Å². The fourth-order valence-electron chi connectivity index (χ4n) is 1.90. The predicted molar refractivity (Wildman–Crippen MR) is 74.4 cm³/mol. The van der Waals surface area contributed by atoms with Crippen LogP contribution in [0.25, 0.3) is 10.9 Å². The van der Waals surface area contributed by atoms with Crippen LogP contribution in [0.3, 0.4) is 0 Å². The van der Waals surface area contributed by atoms with E-state index in [0.29, 0.717) is 21.5 Å². The molecule has 0 aliphatic heterocycles. The number of benzene rings is 1. The molecule has 0 saturated carbocycles. The van der Waals surface area contributed by atoms with Crippen molar-refractivity contribution in [3.05, 3.63) is 41.0 Å². The first-order valence-electron chi connectivity index (χ1n) is 6.00. The molecule has 0 radical (unpaired) electrons. The smallest absolute Gasteiger partial charge is 0.308 e. The van der Waals surface area contributed by atoms with E-state index in [9.17, 15) is 15.0 Å². The van der Waals surface area contributed by atoms with Crippen molar-refractivity contribution >= 4 is 28.5 Å². The summed E-state index contributed by atoms with van der Waals surface area (Å²) in [6.45, 7) is 0. The van der Waals surface area contributed by atoms with Crippen molar-refractivity contribution in [2.45, 2.75) is 18.6 Å². The summed E-state index contributed by atoms with van der Waals surface area (Å²) in [5, 5.41) is 21.1. The van der Waals surface area contributed by atoms with Gasteiger partial charge in [0.15, 0.2) is 0 Å². The number of esters is 1. The molecular weight excluding hydrogens is 282 g/mol. The molecule has 6 heteroatoms. The van der Waals surface area contributed by atoms with Crippen molar-refractivity contribution in [3.63, 3.8) is 0 Å². The number of pyridine rings is 1. The summed E-state index contributed by atoms with van der Waals surface area (Å²) < 4.78 is 4.46. The molecule has 20 heavy (non-hydrogen) atoms. The van der Waals surface area contributed by atoms with E-state index in [2.05, 4.69) is 9.72 Å². The summed E-state index contributed by atoms with van der Waals surface area (Å²) >= 11 is 6.06. The van der Waals surface area contributed by atoms with Gasteiger partial charge in [-0.05, 0) is 23.8 Å². The van der Waals surface area contributed by atoms with Gasteiger partial charge in [0.25, 0.3) is 0 Å². The third kappa shape index (κ3) is 3.07. The van der Waals surface area contributed by atoms with E-state index in [1.807, 2.05) is 0 Å². The van der Waals surface area contributed by atoms with E-state index in [1.54, 1.807) is 30.5 Å². The average Bonchev–Trinajstić information content (AvgIpc) is 2.46. The van der Waals surface area contributed by atoms with E-state index in [1.165, 1.54) is 7.11 Å². The molecule has 0 saturated heterocycles. The number of aromatic nitrogens is 1. The van der Waals surface area contributed by atoms with Crippen LogP contribution in [-0.2, 0) is 9.53 Å². The van der Waals surface area contributed by atoms with Crippen molar-refractivity contribution in [1.29, 1.82) is 0 Å². The molecule has 0 aliphatic rings. The maximum atomic E-state index is 11.1. The molecular formula is C14H14ClNO4. The van der Waals surface area contributed by atoms with Crippen LogP contribution in [0, 0.1) is 0 Å². The minimum Gasteiger partial charge on any atom is -0.469 e. The van der Waals surface area contributed by atoms with Gasteiger partial charge in [0.1, 0.15) is 6.10 Å². The number of carbonyl (C=O) groups excluding carboxylic acids is 1. The van der Waals surface area contributed by atoms with Gasteiger partial charge in [-0.15, -0.1) is 0 Å². The van der Waals surface area contributed by atoms with Gasteiger partial charge in [0, 0.05) is 11.6 Å². The van der Waals surface area contributed by atoms with Gasteiger partial charge in [-0.1, -0.05) is 17.7 Å². The summed E-state index contributed by atoms with van der Waals surface area (Å²) in [7, 11) is 1.23. The molecule has 0 fully saturated rings. The van der Waals surface area contributed by atoms with Gasteiger partial charge in [-0.3, -0.25) is 9.78 Å². The topological polar surface area (TPSA) is 79.7 Å². The highest BCUT2D eigenvalue weighted by atomic mass is 35.5. The Morgan fingerprint density at radius 1 is 1.40 bits per heavy atom. The fraction of sp³-hybridized carbons (Fsp3) is 0.286. The Morgan fingerprint density at radius 2 is 2.15 bits per heavy atom. The Morgan fingerprint density at radius 3 is 2.85 bits per heavy atom. The predicted octanol–water partition coefficient (Wildman–Crippen LogP) is 1.85. The zero-order chi connectivity index (χ0) is 14.7. The average molecular weight is 296 g/mol. The Labute approximate surface area is 120 Å². The number of aliphatic hydroxyl groups is 2. The third-order valence-electron chi connectivity index (χ3n) is 3.02. The lowest BCUT2D eigenvalue weighted by atomic mass is 10.0. The van der Waals surface area contributed by atoms with Crippen LogP contribution in [-0.4, -0.2) is 34.4 Å². The second-order valence-electron chi connectivity index (χ2n) is 4.36. The normalized spacial score (nSPS) is 14.0. The standard InChI is InChI=1S/C14H14ClNO4/c1-20-13(18)7-12(17)14(19)8-2-3-11-9(6-8)10(15)4-5-16-11/h2-6,12,14,17,19H,7H2,1H3. The van der Waals surface area contributed by atoms with Crippen LogP contribution in [0.5, 0.6) is 0 Å². The molecule has 0 bridgehead atoms. The van der Waals surface area contributed by atoms with Crippen molar-refractivity contribution in [3.8, 4) is 0 Å². The summed E-state index contributed by atoms with van der Waals surface area (Å²) in [5.74, 6) is -0.586. The van der Waals surface area contributed by atoms with Crippen molar-refractivity contribution in [1.82, 2.24) is 4.98 Å². The van der Waals surface area contributed by atoms with E-state index in [4.69, 9.17) is 11.6 Å². The van der Waals surface area contributed by atoms with E-state index >= 15 is 0 Å². The Hall–Kier alpha value is -1.69. The highest BCUT2D eigenvalue weighted by Gasteiger charge is 2.22. The maximum Gasteiger partial charge on any atom is 0.308 e. The molecule has 2 atom stereocenters. The summed E-state index contributed by atoms with van der Waals surface area (Å²) in [6, 6.07) is 6.63. The SMILES string of the molecule is COC(=O)CC(O)C(O)c1ccc2nccc(Cl)c2c1. The van der Waals surface area contributed by atoms with Crippen LogP contribution in [0.1, 0.15) is 18.1 Å². The van der Waals surface area contributed by atoms with Crippen molar-refractivity contribution in [2.75, 3.05) is 7.11 Å². The number of ether oxygens (including phenoxy) is 1. The molecule has 2 aromatic rings. The van der Waals surface area contributed by atoms with E-state index in [0.717, 1.165) is 0 Å². The summed E-state index contributed by atoms with van der Waals surface area (Å²) in [4.78, 5) is 15.2. The second-order valence-corrected chi connectivity index (χ2v) is 4.77. The minimum atomic E-state index is -1.24. The number of carbonyl (C=O) groups is 1.